The van der Waals surface area contributed by atoms with Gasteiger partial charge in [-0.1, -0.05) is 0 Å². The summed E-state index contributed by atoms with van der Waals surface area (Å²) in [7, 11) is -1.01. The maximum atomic E-state index is 11.5. The highest BCUT2D eigenvalue weighted by Crippen LogP contribution is 2.11. The predicted octanol–water partition coefficient (Wildman–Crippen LogP) is 0.403. The average Bonchev–Trinajstić information content (AvgIpc) is 2.73. The number of furan rings is 1. The van der Waals surface area contributed by atoms with Crippen LogP contribution in [0.3, 0.4) is 0 Å². The Morgan fingerprint density at radius 1 is 1.56 bits per heavy atom. The van der Waals surface area contributed by atoms with Crippen molar-refractivity contribution in [2.75, 3.05) is 12.8 Å². The molecule has 0 radical (unpaired) electrons. The van der Waals surface area contributed by atoms with E-state index in [1.807, 2.05) is 0 Å². The lowest BCUT2D eigenvalue weighted by atomic mass is 10.2. The summed E-state index contributed by atoms with van der Waals surface area (Å²) in [6.07, 6.45) is 2.65. The van der Waals surface area contributed by atoms with Gasteiger partial charge in [0.2, 0.25) is 5.91 Å². The van der Waals surface area contributed by atoms with Gasteiger partial charge < -0.3 is 14.8 Å². The van der Waals surface area contributed by atoms with E-state index in [1.54, 1.807) is 13.2 Å². The summed E-state index contributed by atoms with van der Waals surface area (Å²) in [5.74, 6) is -1.37. The van der Waals surface area contributed by atoms with Crippen LogP contribution < -0.4 is 5.32 Å². The highest BCUT2D eigenvalue weighted by molar-refractivity contribution is 7.84. The summed E-state index contributed by atoms with van der Waals surface area (Å²) < 4.78 is 16.0. The number of nitrogens with one attached hydrogen (secondary N) is 1. The van der Waals surface area contributed by atoms with Crippen molar-refractivity contribution >= 4 is 22.7 Å². The largest absolute Gasteiger partial charge is 0.478 e. The van der Waals surface area contributed by atoms with Gasteiger partial charge in [0.15, 0.2) is 0 Å². The molecule has 2 N–H and O–H groups in total. The van der Waals surface area contributed by atoms with Gasteiger partial charge in [-0.3, -0.25) is 9.00 Å². The number of carbonyl (C=O) groups is 2. The Kier molecular flexibility index (Phi) is 5.08. The molecular formula is C11H15NO5S. The minimum atomic E-state index is -1.13. The van der Waals surface area contributed by atoms with Crippen LogP contribution in [0.5, 0.6) is 0 Å². The molecule has 0 aliphatic heterocycles. The molecule has 0 spiro atoms. The highest BCUT2D eigenvalue weighted by atomic mass is 32.2. The molecule has 0 aliphatic carbocycles. The van der Waals surface area contributed by atoms with Crippen LogP contribution >= 0.6 is 0 Å². The molecule has 1 aromatic heterocycles. The first-order valence-corrected chi connectivity index (χ1v) is 6.92. The van der Waals surface area contributed by atoms with Crippen LogP contribution in [0, 0.1) is 0 Å². The zero-order valence-corrected chi connectivity index (χ0v) is 11.0. The van der Waals surface area contributed by atoms with Gasteiger partial charge in [-0.05, 0) is 13.0 Å². The molecule has 1 aromatic rings. The zero-order valence-electron chi connectivity index (χ0n) is 10.1. The quantitative estimate of drug-likeness (QED) is 0.782. The van der Waals surface area contributed by atoms with Gasteiger partial charge >= 0.3 is 5.97 Å². The van der Waals surface area contributed by atoms with E-state index in [-0.39, 0.29) is 35.4 Å². The second-order valence-electron chi connectivity index (χ2n) is 3.85. The maximum absolute atomic E-state index is 11.5. The van der Waals surface area contributed by atoms with E-state index < -0.39 is 16.8 Å². The molecule has 0 aliphatic rings. The van der Waals surface area contributed by atoms with Crippen molar-refractivity contribution in [2.45, 2.75) is 18.6 Å². The first kappa shape index (κ1) is 14.4. The Labute approximate surface area is 107 Å². The van der Waals surface area contributed by atoms with Crippen LogP contribution in [-0.2, 0) is 22.0 Å². The Balaban J connectivity index is 2.52. The van der Waals surface area contributed by atoms with Gasteiger partial charge in [-0.2, -0.15) is 0 Å². The van der Waals surface area contributed by atoms with Gasteiger partial charge in [0.05, 0.1) is 12.7 Å². The molecule has 6 nitrogen and oxygen atoms in total. The van der Waals surface area contributed by atoms with Gasteiger partial charge in [-0.25, -0.2) is 4.79 Å². The molecular weight excluding hydrogens is 258 g/mol. The molecule has 7 heteroatoms. The van der Waals surface area contributed by atoms with Crippen LogP contribution in [0.4, 0.5) is 0 Å². The summed E-state index contributed by atoms with van der Waals surface area (Å²) in [5, 5.41) is 11.3. The molecule has 1 heterocycles. The van der Waals surface area contributed by atoms with Gasteiger partial charge in [0.1, 0.15) is 11.3 Å². The normalized spacial score (nSPS) is 13.9. The lowest BCUT2D eigenvalue weighted by Gasteiger charge is -2.09. The number of rotatable bonds is 6. The predicted molar refractivity (Wildman–Crippen MR) is 65.9 cm³/mol. The number of hydrogen-bond acceptors (Lipinski definition) is 4. The topological polar surface area (TPSA) is 96.6 Å². The number of carboxylic acid groups (broad SMARTS) is 1. The van der Waals surface area contributed by atoms with Crippen LogP contribution in [0.1, 0.15) is 23.0 Å². The maximum Gasteiger partial charge on any atom is 0.339 e. The lowest BCUT2D eigenvalue weighted by molar-refractivity contribution is -0.120. The third-order valence-electron chi connectivity index (χ3n) is 2.45. The number of aromatic carboxylic acids is 1. The van der Waals surface area contributed by atoms with E-state index in [0.717, 1.165) is 0 Å². The number of hydrogen-bond donors (Lipinski definition) is 2. The van der Waals surface area contributed by atoms with Crippen molar-refractivity contribution in [1.82, 2.24) is 5.32 Å². The van der Waals surface area contributed by atoms with E-state index in [9.17, 15) is 13.8 Å². The third kappa shape index (κ3) is 3.99. The molecule has 0 saturated heterocycles. The van der Waals surface area contributed by atoms with Crippen molar-refractivity contribution in [3.8, 4) is 0 Å². The summed E-state index contributed by atoms with van der Waals surface area (Å²) in [6, 6.07) is 1.30. The molecule has 1 rings (SSSR count). The van der Waals surface area contributed by atoms with Gasteiger partial charge in [-0.15, -0.1) is 0 Å². The first-order chi connectivity index (χ1) is 8.41. The molecule has 2 unspecified atom stereocenters. The van der Waals surface area contributed by atoms with Crippen molar-refractivity contribution in [2.24, 2.45) is 0 Å². The van der Waals surface area contributed by atoms with Crippen molar-refractivity contribution in [3.05, 3.63) is 23.7 Å². The highest BCUT2D eigenvalue weighted by Gasteiger charge is 2.17. The fourth-order valence-electron chi connectivity index (χ4n) is 1.25. The number of carbonyl (C=O) groups excluding carboxylic acids is 1. The first-order valence-electron chi connectivity index (χ1n) is 5.30. The van der Waals surface area contributed by atoms with E-state index >= 15 is 0 Å². The standard InChI is InChI=1S/C11H15NO5S/c1-7(18(2)16)6-12-10(13)5-9-8(11(14)15)3-4-17-9/h3-4,7H,5-6H2,1-2H3,(H,12,13)(H,14,15). The monoisotopic (exact) mass is 273 g/mol. The van der Waals surface area contributed by atoms with Crippen molar-refractivity contribution < 1.29 is 23.3 Å². The minimum Gasteiger partial charge on any atom is -0.478 e. The van der Waals surface area contributed by atoms with Crippen LogP contribution in [0.15, 0.2) is 16.7 Å². The fraction of sp³-hybridized carbons (Fsp3) is 0.455. The second-order valence-corrected chi connectivity index (χ2v) is 5.65. The molecule has 18 heavy (non-hydrogen) atoms. The number of carboxylic acids is 1. The summed E-state index contributed by atoms with van der Waals surface area (Å²) >= 11 is 0. The second kappa shape index (κ2) is 6.34. The van der Waals surface area contributed by atoms with Gasteiger partial charge in [0.25, 0.3) is 0 Å². The third-order valence-corrected chi connectivity index (χ3v) is 3.75. The van der Waals surface area contributed by atoms with Gasteiger partial charge in [0, 0.05) is 28.9 Å². The van der Waals surface area contributed by atoms with Crippen LogP contribution in [-0.4, -0.2) is 39.2 Å². The van der Waals surface area contributed by atoms with Crippen LogP contribution in [0.2, 0.25) is 0 Å². The lowest BCUT2D eigenvalue weighted by Crippen LogP contribution is -2.33. The summed E-state index contributed by atoms with van der Waals surface area (Å²) in [4.78, 5) is 22.3. The number of amides is 1. The smallest absolute Gasteiger partial charge is 0.339 e. The molecule has 0 aromatic carbocycles. The fourth-order valence-corrected chi connectivity index (χ4v) is 1.57. The van der Waals surface area contributed by atoms with E-state index in [4.69, 9.17) is 9.52 Å². The molecule has 0 fully saturated rings. The Morgan fingerprint density at radius 2 is 2.22 bits per heavy atom. The van der Waals surface area contributed by atoms with E-state index in [0.29, 0.717) is 0 Å². The average molecular weight is 273 g/mol. The molecule has 0 bridgehead atoms. The Morgan fingerprint density at radius 3 is 2.78 bits per heavy atom. The molecule has 100 valence electrons. The molecule has 2 atom stereocenters. The SMILES string of the molecule is CC(CNC(=O)Cc1occc1C(=O)O)S(C)=O. The summed E-state index contributed by atoms with van der Waals surface area (Å²) in [6.45, 7) is 2.04. The van der Waals surface area contributed by atoms with Crippen molar-refractivity contribution in [1.29, 1.82) is 0 Å². The zero-order chi connectivity index (χ0) is 13.7. The Bertz CT molecular complexity index is 468. The summed E-state index contributed by atoms with van der Waals surface area (Å²) in [5.41, 5.74) is -0.0164. The van der Waals surface area contributed by atoms with Crippen molar-refractivity contribution in [3.63, 3.8) is 0 Å². The minimum absolute atomic E-state index is 0.0164. The van der Waals surface area contributed by atoms with E-state index in [1.165, 1.54) is 12.3 Å². The van der Waals surface area contributed by atoms with E-state index in [2.05, 4.69) is 5.32 Å². The Hall–Kier alpha value is -1.63. The van der Waals surface area contributed by atoms with Crippen LogP contribution in [0.25, 0.3) is 0 Å². The molecule has 1 amide bonds. The molecule has 0 saturated carbocycles.